The minimum atomic E-state index is -0.637. The molecule has 1 fully saturated rings. The number of halogens is 2. The third-order valence-corrected chi connectivity index (χ3v) is 6.32. The molecule has 0 radical (unpaired) electrons. The molecule has 0 aromatic heterocycles. The second-order valence-electron chi connectivity index (χ2n) is 4.31. The van der Waals surface area contributed by atoms with Gasteiger partial charge in [0, 0.05) is 16.4 Å². The predicted molar refractivity (Wildman–Crippen MR) is 64.4 cm³/mol. The van der Waals surface area contributed by atoms with Crippen molar-refractivity contribution >= 4 is 21.6 Å². The molecule has 1 nitrogen and oxygen atoms in total. The molecule has 1 N–H and O–H groups in total. The fraction of sp³-hybridized carbons (Fsp3) is 0.455. The molecule has 1 aliphatic rings. The quantitative estimate of drug-likeness (QED) is 0.782. The van der Waals surface area contributed by atoms with Crippen LogP contribution in [0.5, 0.6) is 0 Å². The van der Waals surface area contributed by atoms with Crippen LogP contribution < -0.4 is 0 Å². The molecule has 0 spiro atoms. The van der Waals surface area contributed by atoms with Crippen LogP contribution in [-0.2, 0) is 0 Å². The van der Waals surface area contributed by atoms with Gasteiger partial charge in [-0.2, -0.15) is 0 Å². The molecule has 0 amide bonds. The van der Waals surface area contributed by atoms with Gasteiger partial charge in [-0.25, -0.2) is 8.78 Å². The van der Waals surface area contributed by atoms with Crippen molar-refractivity contribution in [1.82, 2.24) is 0 Å². The molecule has 0 bridgehead atoms. The molecule has 1 aromatic rings. The van der Waals surface area contributed by atoms with E-state index in [-0.39, 0.29) is 10.00 Å². The Bertz CT molecular complexity index is 409. The largest absolute Gasteiger partial charge is 0.390 e. The number of hydrogen-bond donors (Lipinski definition) is 1. The van der Waals surface area contributed by atoms with E-state index in [0.717, 1.165) is 6.07 Å². The summed E-state index contributed by atoms with van der Waals surface area (Å²) in [4.78, 5) is 0. The Labute approximate surface area is 101 Å². The first-order valence-electron chi connectivity index (χ1n) is 4.89. The van der Waals surface area contributed by atoms with Gasteiger partial charge in [-0.1, -0.05) is 27.7 Å². The van der Waals surface area contributed by atoms with Crippen molar-refractivity contribution in [2.24, 2.45) is 0 Å². The normalized spacial score (nSPS) is 28.3. The molecule has 16 heavy (non-hydrogen) atoms. The van der Waals surface area contributed by atoms with Gasteiger partial charge in [-0.05, 0) is 19.9 Å². The van der Waals surface area contributed by atoms with E-state index >= 15 is 0 Å². The Balaban J connectivity index is 2.32. The van der Waals surface area contributed by atoms with Gasteiger partial charge in [0.2, 0.25) is 0 Å². The lowest BCUT2D eigenvalue weighted by atomic mass is 9.97. The van der Waals surface area contributed by atoms with Gasteiger partial charge in [0.25, 0.3) is 0 Å². The molecule has 1 saturated heterocycles. The maximum absolute atomic E-state index is 13.6. The Morgan fingerprint density at radius 2 is 2.00 bits per heavy atom. The van der Waals surface area contributed by atoms with Crippen molar-refractivity contribution < 1.29 is 13.9 Å². The Hall–Kier alpha value is -0.260. The molecule has 0 saturated carbocycles. The topological polar surface area (TPSA) is 20.2 Å². The van der Waals surface area contributed by atoms with E-state index in [1.165, 1.54) is 33.7 Å². The molecule has 2 atom stereocenters. The van der Waals surface area contributed by atoms with E-state index in [9.17, 15) is 13.9 Å². The van der Waals surface area contributed by atoms with E-state index in [4.69, 9.17) is 0 Å². The van der Waals surface area contributed by atoms with Gasteiger partial charge in [-0.15, -0.1) is 0 Å². The van der Waals surface area contributed by atoms with E-state index in [2.05, 4.69) is 0 Å². The summed E-state index contributed by atoms with van der Waals surface area (Å²) in [6.45, 7) is 3.83. The van der Waals surface area contributed by atoms with Crippen LogP contribution in [0.3, 0.4) is 0 Å². The SMILES string of the molecule is CC1(C)SSC(c2ccc(F)cc2F)C1O. The van der Waals surface area contributed by atoms with Gasteiger partial charge >= 0.3 is 0 Å². The van der Waals surface area contributed by atoms with Gasteiger partial charge in [0.1, 0.15) is 11.6 Å². The molecular weight excluding hydrogens is 250 g/mol. The second-order valence-corrected chi connectivity index (χ2v) is 7.31. The van der Waals surface area contributed by atoms with Crippen molar-refractivity contribution in [2.45, 2.75) is 29.9 Å². The highest BCUT2D eigenvalue weighted by Crippen LogP contribution is 2.58. The van der Waals surface area contributed by atoms with E-state index < -0.39 is 17.7 Å². The average Bonchev–Trinajstić information content (AvgIpc) is 2.44. The van der Waals surface area contributed by atoms with Crippen molar-refractivity contribution in [3.63, 3.8) is 0 Å². The highest BCUT2D eigenvalue weighted by molar-refractivity contribution is 8.77. The van der Waals surface area contributed by atoms with Crippen LogP contribution in [0.4, 0.5) is 8.78 Å². The number of benzene rings is 1. The third-order valence-electron chi connectivity index (χ3n) is 2.63. The van der Waals surface area contributed by atoms with Crippen LogP contribution in [0, 0.1) is 11.6 Å². The highest BCUT2D eigenvalue weighted by Gasteiger charge is 2.44. The maximum Gasteiger partial charge on any atom is 0.130 e. The minimum Gasteiger partial charge on any atom is -0.390 e. The first-order chi connectivity index (χ1) is 7.42. The average molecular weight is 262 g/mol. The second kappa shape index (κ2) is 4.20. The molecule has 1 aromatic carbocycles. The van der Waals surface area contributed by atoms with E-state index in [1.807, 2.05) is 13.8 Å². The molecule has 2 unspecified atom stereocenters. The Morgan fingerprint density at radius 3 is 2.50 bits per heavy atom. The summed E-state index contributed by atoms with van der Waals surface area (Å²) < 4.78 is 26.0. The predicted octanol–water partition coefficient (Wildman–Crippen LogP) is 3.54. The summed E-state index contributed by atoms with van der Waals surface area (Å²) in [5.41, 5.74) is 0.372. The maximum atomic E-state index is 13.6. The zero-order valence-corrected chi connectivity index (χ0v) is 10.5. The summed E-state index contributed by atoms with van der Waals surface area (Å²) in [5.74, 6) is -1.18. The van der Waals surface area contributed by atoms with Crippen LogP contribution in [0.1, 0.15) is 24.7 Å². The molecular formula is C11H12F2OS2. The number of hydrogen-bond acceptors (Lipinski definition) is 3. The van der Waals surface area contributed by atoms with Gasteiger partial charge < -0.3 is 5.11 Å². The van der Waals surface area contributed by atoms with Crippen LogP contribution in [0.15, 0.2) is 18.2 Å². The van der Waals surface area contributed by atoms with Crippen molar-refractivity contribution in [3.05, 3.63) is 35.4 Å². The Morgan fingerprint density at radius 1 is 1.31 bits per heavy atom. The smallest absolute Gasteiger partial charge is 0.130 e. The van der Waals surface area contributed by atoms with Gasteiger partial charge in [-0.3, -0.25) is 0 Å². The first kappa shape index (κ1) is 12.2. The molecule has 2 rings (SSSR count). The molecule has 1 aliphatic heterocycles. The van der Waals surface area contributed by atoms with Crippen LogP contribution in [-0.4, -0.2) is 16.0 Å². The zero-order valence-electron chi connectivity index (χ0n) is 8.91. The van der Waals surface area contributed by atoms with Crippen molar-refractivity contribution in [3.8, 4) is 0 Å². The van der Waals surface area contributed by atoms with Crippen molar-refractivity contribution in [2.75, 3.05) is 0 Å². The molecule has 0 aliphatic carbocycles. The molecule has 5 heteroatoms. The fourth-order valence-corrected chi connectivity index (χ4v) is 4.99. The number of aliphatic hydroxyl groups excluding tert-OH is 1. The summed E-state index contributed by atoms with van der Waals surface area (Å²) in [6.07, 6.45) is -0.637. The minimum absolute atomic E-state index is 0.309. The summed E-state index contributed by atoms with van der Waals surface area (Å²) >= 11 is 0. The Kier molecular flexibility index (Phi) is 3.20. The lowest BCUT2D eigenvalue weighted by Crippen LogP contribution is -2.31. The highest BCUT2D eigenvalue weighted by atomic mass is 33.1. The first-order valence-corrected chi connectivity index (χ1v) is 7.10. The standard InChI is InChI=1S/C11H12F2OS2/c1-11(2)10(14)9(15-16-11)7-4-3-6(12)5-8(7)13/h3-5,9-10,14H,1-2H3. The van der Waals surface area contributed by atoms with Crippen LogP contribution in [0.25, 0.3) is 0 Å². The number of rotatable bonds is 1. The van der Waals surface area contributed by atoms with E-state index in [0.29, 0.717) is 5.56 Å². The lowest BCUT2D eigenvalue weighted by molar-refractivity contribution is 0.142. The van der Waals surface area contributed by atoms with Crippen LogP contribution in [0.2, 0.25) is 0 Å². The van der Waals surface area contributed by atoms with Crippen molar-refractivity contribution in [1.29, 1.82) is 0 Å². The summed E-state index contributed by atoms with van der Waals surface area (Å²) in [7, 11) is 2.96. The monoisotopic (exact) mass is 262 g/mol. The molecule has 88 valence electrons. The van der Waals surface area contributed by atoms with E-state index in [1.54, 1.807) is 0 Å². The van der Waals surface area contributed by atoms with Gasteiger partial charge in [0.05, 0.1) is 11.4 Å². The van der Waals surface area contributed by atoms with Crippen LogP contribution >= 0.6 is 21.6 Å². The molecule has 1 heterocycles. The lowest BCUT2D eigenvalue weighted by Gasteiger charge is -2.23. The summed E-state index contributed by atoms with van der Waals surface area (Å²) in [5, 5.41) is 9.73. The zero-order chi connectivity index (χ0) is 11.9. The number of aliphatic hydroxyl groups is 1. The fourth-order valence-electron chi connectivity index (χ4n) is 1.60. The third kappa shape index (κ3) is 2.08. The van der Waals surface area contributed by atoms with Gasteiger partial charge in [0.15, 0.2) is 0 Å². The summed E-state index contributed by atoms with van der Waals surface area (Å²) in [6, 6.07) is 3.49.